The van der Waals surface area contributed by atoms with Gasteiger partial charge in [0.1, 0.15) is 11.4 Å². The number of aliphatic hydroxyl groups is 1. The monoisotopic (exact) mass is 210 g/mol. The minimum Gasteiger partial charge on any atom is -0.466 e. The van der Waals surface area contributed by atoms with Crippen molar-refractivity contribution in [2.75, 3.05) is 0 Å². The fraction of sp³-hybridized carbons (Fsp3) is 0.692. The summed E-state index contributed by atoms with van der Waals surface area (Å²) in [6, 6.07) is 3.70. The Morgan fingerprint density at radius 1 is 1.20 bits per heavy atom. The van der Waals surface area contributed by atoms with Gasteiger partial charge in [0.2, 0.25) is 0 Å². The molecular weight excluding hydrogens is 188 g/mol. The van der Waals surface area contributed by atoms with Crippen LogP contribution in [0.2, 0.25) is 0 Å². The van der Waals surface area contributed by atoms with Crippen LogP contribution >= 0.6 is 0 Å². The second kappa shape index (κ2) is 4.84. The molecule has 1 aromatic heterocycles. The van der Waals surface area contributed by atoms with Gasteiger partial charge in [-0.2, -0.15) is 0 Å². The third kappa shape index (κ3) is 3.38. The topological polar surface area (TPSA) is 33.4 Å². The van der Waals surface area contributed by atoms with Crippen molar-refractivity contribution < 1.29 is 9.52 Å². The van der Waals surface area contributed by atoms with E-state index in [1.807, 2.05) is 12.1 Å². The molecule has 1 heterocycles. The lowest BCUT2D eigenvalue weighted by Crippen LogP contribution is -2.29. The average Bonchev–Trinajstić information content (AvgIpc) is 2.51. The highest BCUT2D eigenvalue weighted by Crippen LogP contribution is 2.34. The summed E-state index contributed by atoms with van der Waals surface area (Å²) in [5.74, 6) is 1.61. The molecule has 2 heteroatoms. The predicted molar refractivity (Wildman–Crippen MR) is 61.5 cm³/mol. The molecule has 0 aliphatic heterocycles. The normalized spacial score (nSPS) is 12.7. The van der Waals surface area contributed by atoms with Gasteiger partial charge in [0, 0.05) is 0 Å². The molecule has 0 saturated heterocycles. The van der Waals surface area contributed by atoms with E-state index in [1.165, 1.54) is 0 Å². The van der Waals surface area contributed by atoms with Crippen LogP contribution in [0.25, 0.3) is 0 Å². The van der Waals surface area contributed by atoms with Crippen LogP contribution < -0.4 is 0 Å². The SMILES string of the molecule is CC(C)CC(O)(CC(C)C)c1ccco1. The first-order valence-electron chi connectivity index (χ1n) is 5.70. The Bertz CT molecular complexity index is 263. The Morgan fingerprint density at radius 3 is 2.07 bits per heavy atom. The molecule has 0 aliphatic rings. The summed E-state index contributed by atoms with van der Waals surface area (Å²) in [5, 5.41) is 10.6. The molecule has 0 unspecified atom stereocenters. The summed E-state index contributed by atoms with van der Waals surface area (Å²) in [5.41, 5.74) is -0.800. The van der Waals surface area contributed by atoms with Crippen molar-refractivity contribution in [3.05, 3.63) is 24.2 Å². The molecule has 0 fully saturated rings. The second-order valence-electron chi connectivity index (χ2n) is 5.20. The largest absolute Gasteiger partial charge is 0.466 e. The van der Waals surface area contributed by atoms with E-state index in [0.717, 1.165) is 12.8 Å². The lowest BCUT2D eigenvalue weighted by atomic mass is 9.83. The molecule has 1 aromatic rings. The van der Waals surface area contributed by atoms with E-state index in [4.69, 9.17) is 4.42 Å². The average molecular weight is 210 g/mol. The minimum absolute atomic E-state index is 0.457. The van der Waals surface area contributed by atoms with Crippen LogP contribution in [0.15, 0.2) is 22.8 Å². The minimum atomic E-state index is -0.800. The first-order chi connectivity index (χ1) is 6.94. The summed E-state index contributed by atoms with van der Waals surface area (Å²) in [6.45, 7) is 8.48. The van der Waals surface area contributed by atoms with Crippen molar-refractivity contribution in [3.8, 4) is 0 Å². The lowest BCUT2D eigenvalue weighted by molar-refractivity contribution is -0.0234. The standard InChI is InChI=1S/C13H22O2/c1-10(2)8-13(14,9-11(3)4)12-6-5-7-15-12/h5-7,10-11,14H,8-9H2,1-4H3. The van der Waals surface area contributed by atoms with Crippen molar-refractivity contribution in [3.63, 3.8) is 0 Å². The van der Waals surface area contributed by atoms with E-state index < -0.39 is 5.60 Å². The van der Waals surface area contributed by atoms with Gasteiger partial charge < -0.3 is 9.52 Å². The molecule has 86 valence electrons. The summed E-state index contributed by atoms with van der Waals surface area (Å²) >= 11 is 0. The summed E-state index contributed by atoms with van der Waals surface area (Å²) in [4.78, 5) is 0. The number of furan rings is 1. The number of hydrogen-bond acceptors (Lipinski definition) is 2. The van der Waals surface area contributed by atoms with Gasteiger partial charge >= 0.3 is 0 Å². The molecule has 0 amide bonds. The summed E-state index contributed by atoms with van der Waals surface area (Å²) < 4.78 is 5.35. The van der Waals surface area contributed by atoms with E-state index in [0.29, 0.717) is 17.6 Å². The zero-order valence-corrected chi connectivity index (χ0v) is 10.2. The molecule has 0 bridgehead atoms. The summed E-state index contributed by atoms with van der Waals surface area (Å²) in [7, 11) is 0. The maximum Gasteiger partial charge on any atom is 0.135 e. The smallest absolute Gasteiger partial charge is 0.135 e. The number of rotatable bonds is 5. The van der Waals surface area contributed by atoms with Crippen LogP contribution in [-0.2, 0) is 5.60 Å². The van der Waals surface area contributed by atoms with Gasteiger partial charge in [0.25, 0.3) is 0 Å². The van der Waals surface area contributed by atoms with Crippen molar-refractivity contribution >= 4 is 0 Å². The molecule has 1 rings (SSSR count). The maximum atomic E-state index is 10.6. The van der Waals surface area contributed by atoms with Gasteiger partial charge in [-0.25, -0.2) is 0 Å². The fourth-order valence-electron chi connectivity index (χ4n) is 2.18. The van der Waals surface area contributed by atoms with Crippen molar-refractivity contribution in [2.45, 2.75) is 46.1 Å². The van der Waals surface area contributed by atoms with Crippen molar-refractivity contribution in [1.29, 1.82) is 0 Å². The van der Waals surface area contributed by atoms with E-state index in [-0.39, 0.29) is 0 Å². The molecule has 0 radical (unpaired) electrons. The van der Waals surface area contributed by atoms with E-state index in [2.05, 4.69) is 27.7 Å². The van der Waals surface area contributed by atoms with Crippen LogP contribution in [0.1, 0.15) is 46.3 Å². The van der Waals surface area contributed by atoms with Crippen LogP contribution in [-0.4, -0.2) is 5.11 Å². The Labute approximate surface area is 92.3 Å². The third-order valence-corrected chi connectivity index (χ3v) is 2.47. The highest BCUT2D eigenvalue weighted by Gasteiger charge is 2.33. The molecule has 1 N–H and O–H groups in total. The van der Waals surface area contributed by atoms with Crippen molar-refractivity contribution in [1.82, 2.24) is 0 Å². The fourth-order valence-corrected chi connectivity index (χ4v) is 2.18. The van der Waals surface area contributed by atoms with Crippen LogP contribution in [0.5, 0.6) is 0 Å². The molecule has 0 saturated carbocycles. The van der Waals surface area contributed by atoms with Crippen LogP contribution in [0.4, 0.5) is 0 Å². The van der Waals surface area contributed by atoms with Gasteiger partial charge in [0.05, 0.1) is 6.26 Å². The Balaban J connectivity index is 2.85. The Hall–Kier alpha value is -0.760. The molecule has 2 nitrogen and oxygen atoms in total. The second-order valence-corrected chi connectivity index (χ2v) is 5.20. The highest BCUT2D eigenvalue weighted by molar-refractivity contribution is 5.09. The van der Waals surface area contributed by atoms with E-state index in [1.54, 1.807) is 6.26 Å². The Morgan fingerprint density at radius 2 is 1.73 bits per heavy atom. The molecule has 0 spiro atoms. The van der Waals surface area contributed by atoms with Crippen LogP contribution in [0.3, 0.4) is 0 Å². The lowest BCUT2D eigenvalue weighted by Gasteiger charge is -2.29. The summed E-state index contributed by atoms with van der Waals surface area (Å²) in [6.07, 6.45) is 3.12. The zero-order chi connectivity index (χ0) is 11.5. The molecule has 0 aromatic carbocycles. The first-order valence-corrected chi connectivity index (χ1v) is 5.70. The van der Waals surface area contributed by atoms with Gasteiger partial charge in [-0.15, -0.1) is 0 Å². The highest BCUT2D eigenvalue weighted by atomic mass is 16.4. The quantitative estimate of drug-likeness (QED) is 0.806. The third-order valence-electron chi connectivity index (χ3n) is 2.47. The van der Waals surface area contributed by atoms with Gasteiger partial charge in [-0.05, 0) is 36.8 Å². The maximum absolute atomic E-state index is 10.6. The molecule has 15 heavy (non-hydrogen) atoms. The van der Waals surface area contributed by atoms with E-state index >= 15 is 0 Å². The Kier molecular flexibility index (Phi) is 3.97. The number of hydrogen-bond donors (Lipinski definition) is 1. The van der Waals surface area contributed by atoms with Crippen molar-refractivity contribution in [2.24, 2.45) is 11.8 Å². The van der Waals surface area contributed by atoms with E-state index in [9.17, 15) is 5.11 Å². The molecule has 0 atom stereocenters. The van der Waals surface area contributed by atoms with Gasteiger partial charge in [0.15, 0.2) is 0 Å². The molecular formula is C13H22O2. The van der Waals surface area contributed by atoms with Crippen LogP contribution in [0, 0.1) is 11.8 Å². The predicted octanol–water partition coefficient (Wildman–Crippen LogP) is 3.56. The molecule has 0 aliphatic carbocycles. The first kappa shape index (κ1) is 12.3. The van der Waals surface area contributed by atoms with Gasteiger partial charge in [-0.3, -0.25) is 0 Å². The van der Waals surface area contributed by atoms with Gasteiger partial charge in [-0.1, -0.05) is 27.7 Å². The zero-order valence-electron chi connectivity index (χ0n) is 10.2.